The minimum absolute atomic E-state index is 0.0714. The highest BCUT2D eigenvalue weighted by atomic mass is 16.5. The zero-order valence-electron chi connectivity index (χ0n) is 14.9. The van der Waals surface area contributed by atoms with Crippen molar-refractivity contribution < 1.29 is 14.6 Å². The third-order valence-corrected chi connectivity index (χ3v) is 3.59. The summed E-state index contributed by atoms with van der Waals surface area (Å²) >= 11 is 0. The van der Waals surface area contributed by atoms with Gasteiger partial charge in [0, 0.05) is 11.1 Å². The van der Waals surface area contributed by atoms with E-state index >= 15 is 0 Å². The van der Waals surface area contributed by atoms with E-state index < -0.39 is 5.97 Å². The molecule has 0 atom stereocenters. The van der Waals surface area contributed by atoms with Crippen LogP contribution in [0, 0.1) is 11.3 Å². The molecule has 23 heavy (non-hydrogen) atoms. The number of esters is 1. The van der Waals surface area contributed by atoms with Crippen LogP contribution < -0.4 is 0 Å². The monoisotopic (exact) mass is 315 g/mol. The van der Waals surface area contributed by atoms with Crippen LogP contribution in [0.5, 0.6) is 5.75 Å². The first-order chi connectivity index (χ1) is 10.4. The minimum atomic E-state index is -0.671. The summed E-state index contributed by atoms with van der Waals surface area (Å²) in [6.45, 7) is 12.0. The second kappa shape index (κ2) is 6.45. The molecule has 1 rings (SSSR count). The van der Waals surface area contributed by atoms with Gasteiger partial charge >= 0.3 is 5.97 Å². The predicted octanol–water partition coefficient (Wildman–Crippen LogP) is 4.07. The van der Waals surface area contributed by atoms with Crippen LogP contribution in [0.1, 0.15) is 58.2 Å². The smallest absolute Gasteiger partial charge is 0.348 e. The van der Waals surface area contributed by atoms with Gasteiger partial charge in [-0.1, -0.05) is 41.5 Å². The van der Waals surface area contributed by atoms with Gasteiger partial charge in [-0.2, -0.15) is 5.26 Å². The van der Waals surface area contributed by atoms with Crippen molar-refractivity contribution in [2.45, 2.75) is 52.4 Å². The van der Waals surface area contributed by atoms with Crippen LogP contribution in [-0.4, -0.2) is 18.2 Å². The van der Waals surface area contributed by atoms with Crippen molar-refractivity contribution in [3.8, 4) is 11.8 Å². The van der Waals surface area contributed by atoms with E-state index in [1.165, 1.54) is 13.2 Å². The third-order valence-electron chi connectivity index (χ3n) is 3.59. The fraction of sp³-hybridized carbons (Fsp3) is 0.474. The zero-order valence-corrected chi connectivity index (χ0v) is 14.9. The van der Waals surface area contributed by atoms with Crippen molar-refractivity contribution in [3.05, 3.63) is 34.4 Å². The van der Waals surface area contributed by atoms with Crippen LogP contribution >= 0.6 is 0 Å². The van der Waals surface area contributed by atoms with Crippen LogP contribution in [-0.2, 0) is 20.4 Å². The summed E-state index contributed by atoms with van der Waals surface area (Å²) in [6.07, 6.45) is 1.50. The Labute approximate surface area is 138 Å². The van der Waals surface area contributed by atoms with Gasteiger partial charge in [-0.25, -0.2) is 4.79 Å². The predicted molar refractivity (Wildman–Crippen MR) is 91.1 cm³/mol. The summed E-state index contributed by atoms with van der Waals surface area (Å²) in [6, 6.07) is 5.48. The Hall–Kier alpha value is -2.28. The molecule has 0 fully saturated rings. The summed E-state index contributed by atoms with van der Waals surface area (Å²) in [5, 5.41) is 19.8. The van der Waals surface area contributed by atoms with Gasteiger partial charge in [-0.05, 0) is 34.6 Å². The second-order valence-electron chi connectivity index (χ2n) is 7.63. The number of nitrogens with zero attached hydrogens (tertiary/aromatic N) is 1. The van der Waals surface area contributed by atoms with Gasteiger partial charge in [0.15, 0.2) is 0 Å². The summed E-state index contributed by atoms with van der Waals surface area (Å²) in [5.74, 6) is -0.408. The molecule has 4 nitrogen and oxygen atoms in total. The first-order valence-corrected chi connectivity index (χ1v) is 7.50. The summed E-state index contributed by atoms with van der Waals surface area (Å²) < 4.78 is 4.62. The Balaban J connectivity index is 3.67. The lowest BCUT2D eigenvalue weighted by Crippen LogP contribution is -2.17. The second-order valence-corrected chi connectivity index (χ2v) is 7.63. The Kier molecular flexibility index (Phi) is 5.27. The largest absolute Gasteiger partial charge is 0.507 e. The Morgan fingerprint density at radius 1 is 1.13 bits per heavy atom. The third kappa shape index (κ3) is 4.35. The van der Waals surface area contributed by atoms with E-state index in [0.29, 0.717) is 5.56 Å². The summed E-state index contributed by atoms with van der Waals surface area (Å²) in [4.78, 5) is 11.6. The van der Waals surface area contributed by atoms with Crippen LogP contribution in [0.4, 0.5) is 0 Å². The molecule has 0 heterocycles. The summed E-state index contributed by atoms with van der Waals surface area (Å²) in [5.41, 5.74) is 1.63. The van der Waals surface area contributed by atoms with E-state index in [1.54, 1.807) is 0 Å². The topological polar surface area (TPSA) is 70.3 Å². The van der Waals surface area contributed by atoms with Gasteiger partial charge in [-0.3, -0.25) is 0 Å². The van der Waals surface area contributed by atoms with Crippen LogP contribution in [0.2, 0.25) is 0 Å². The first-order valence-electron chi connectivity index (χ1n) is 7.50. The Morgan fingerprint density at radius 3 is 1.87 bits per heavy atom. The van der Waals surface area contributed by atoms with E-state index in [2.05, 4.69) is 4.74 Å². The molecule has 0 amide bonds. The SMILES string of the molecule is COC(=O)/C(C#N)=C\c1cc(C(C)(C)C)c(O)c(C(C)(C)C)c1. The highest BCUT2D eigenvalue weighted by Crippen LogP contribution is 2.40. The number of phenols is 1. The molecular formula is C19H25NO3. The van der Waals surface area contributed by atoms with E-state index in [-0.39, 0.29) is 22.2 Å². The van der Waals surface area contributed by atoms with E-state index in [9.17, 15) is 9.90 Å². The molecule has 1 aromatic carbocycles. The first kappa shape index (κ1) is 18.8. The Bertz CT molecular complexity index is 645. The van der Waals surface area contributed by atoms with E-state index in [4.69, 9.17) is 5.26 Å². The average molecular weight is 315 g/mol. The molecule has 0 aliphatic carbocycles. The average Bonchev–Trinajstić information content (AvgIpc) is 2.42. The zero-order chi connectivity index (χ0) is 18.0. The normalized spacial score (nSPS) is 12.7. The molecule has 1 N–H and O–H groups in total. The van der Waals surface area contributed by atoms with Crippen molar-refractivity contribution in [1.82, 2.24) is 0 Å². The maximum absolute atomic E-state index is 11.6. The minimum Gasteiger partial charge on any atom is -0.507 e. The molecular weight excluding hydrogens is 290 g/mol. The fourth-order valence-corrected chi connectivity index (χ4v) is 2.30. The molecule has 0 radical (unpaired) electrons. The number of methoxy groups -OCH3 is 1. The molecule has 124 valence electrons. The van der Waals surface area contributed by atoms with Gasteiger partial charge in [0.2, 0.25) is 0 Å². The number of hydrogen-bond acceptors (Lipinski definition) is 4. The molecule has 0 aliphatic heterocycles. The van der Waals surface area contributed by atoms with E-state index in [0.717, 1.165) is 11.1 Å². The van der Waals surface area contributed by atoms with Crippen molar-refractivity contribution in [1.29, 1.82) is 5.26 Å². The van der Waals surface area contributed by atoms with Crippen LogP contribution in [0.25, 0.3) is 6.08 Å². The number of hydrogen-bond donors (Lipinski definition) is 1. The van der Waals surface area contributed by atoms with Gasteiger partial charge < -0.3 is 9.84 Å². The van der Waals surface area contributed by atoms with Crippen LogP contribution in [0.15, 0.2) is 17.7 Å². The maximum atomic E-state index is 11.6. The molecule has 4 heteroatoms. The molecule has 1 aromatic rings. The van der Waals surface area contributed by atoms with Gasteiger partial charge in [0.25, 0.3) is 0 Å². The lowest BCUT2D eigenvalue weighted by Gasteiger charge is -2.27. The quantitative estimate of drug-likeness (QED) is 0.507. The number of phenolic OH excluding ortho intramolecular Hbond substituents is 1. The standard InChI is InChI=1S/C19H25NO3/c1-18(2,3)14-9-12(8-13(11-20)17(22)23-7)10-15(16(14)21)19(4,5)6/h8-10,21H,1-7H3/b13-8-. The van der Waals surface area contributed by atoms with Gasteiger partial charge in [0.05, 0.1) is 7.11 Å². The highest BCUT2D eigenvalue weighted by molar-refractivity contribution is 5.97. The molecule has 0 spiro atoms. The lowest BCUT2D eigenvalue weighted by atomic mass is 9.78. The lowest BCUT2D eigenvalue weighted by molar-refractivity contribution is -0.135. The molecule has 0 unspecified atom stereocenters. The highest BCUT2D eigenvalue weighted by Gasteiger charge is 2.26. The molecule has 0 aromatic heterocycles. The van der Waals surface area contributed by atoms with E-state index in [1.807, 2.05) is 59.7 Å². The molecule has 0 aliphatic rings. The number of benzene rings is 1. The number of ether oxygens (including phenoxy) is 1. The van der Waals surface area contributed by atoms with Crippen molar-refractivity contribution in [3.63, 3.8) is 0 Å². The maximum Gasteiger partial charge on any atom is 0.348 e. The number of carbonyl (C=O) groups is 1. The number of aromatic hydroxyl groups is 1. The van der Waals surface area contributed by atoms with Gasteiger partial charge in [0.1, 0.15) is 17.4 Å². The van der Waals surface area contributed by atoms with Crippen molar-refractivity contribution in [2.75, 3.05) is 7.11 Å². The van der Waals surface area contributed by atoms with Crippen LogP contribution in [0.3, 0.4) is 0 Å². The molecule has 0 bridgehead atoms. The van der Waals surface area contributed by atoms with Crippen molar-refractivity contribution >= 4 is 12.0 Å². The molecule has 0 saturated carbocycles. The number of rotatable bonds is 2. The summed E-state index contributed by atoms with van der Waals surface area (Å²) in [7, 11) is 1.24. The Morgan fingerprint density at radius 2 is 1.57 bits per heavy atom. The van der Waals surface area contributed by atoms with Gasteiger partial charge in [-0.15, -0.1) is 0 Å². The fourth-order valence-electron chi connectivity index (χ4n) is 2.30. The molecule has 0 saturated heterocycles. The number of carbonyl (C=O) groups excluding carboxylic acids is 1. The van der Waals surface area contributed by atoms with Crippen molar-refractivity contribution in [2.24, 2.45) is 0 Å². The number of nitriles is 1.